The Kier molecular flexibility index (Phi) is 21.3. The van der Waals surface area contributed by atoms with Crippen molar-refractivity contribution in [3.05, 3.63) is 0 Å². The molecule has 0 rings (SSSR count). The Morgan fingerprint density at radius 2 is 0.643 bits per heavy atom. The molecule has 0 spiro atoms. The van der Waals surface area contributed by atoms with E-state index >= 15 is 0 Å². The predicted octanol–water partition coefficient (Wildman–Crippen LogP) is 0.161. The van der Waals surface area contributed by atoms with Crippen molar-refractivity contribution in [2.45, 2.75) is 38.5 Å². The number of carboxylic acid groups (broad SMARTS) is 2. The molecule has 0 saturated carbocycles. The number of rotatable bonds is 9. The number of carbonyl (C=O) groups excluding carboxylic acids is 4. The molecule has 0 bridgehead atoms. The van der Waals surface area contributed by atoms with Crippen molar-refractivity contribution < 1.29 is 57.9 Å². The second-order valence-corrected chi connectivity index (χ2v) is 4.59. The summed E-state index contributed by atoms with van der Waals surface area (Å²) in [5, 5.41) is 15.8. The van der Waals surface area contributed by atoms with Gasteiger partial charge in [-0.15, -0.1) is 0 Å². The number of aliphatic carboxylic acids is 2. The highest BCUT2D eigenvalue weighted by atomic mass is 16.5. The van der Waals surface area contributed by atoms with Gasteiger partial charge in [0.2, 0.25) is 0 Å². The van der Waals surface area contributed by atoms with Crippen LogP contribution >= 0.6 is 0 Å². The summed E-state index contributed by atoms with van der Waals surface area (Å²) in [5.41, 5.74) is 0. The molecule has 0 radical (unpaired) electrons. The highest BCUT2D eigenvalue weighted by Crippen LogP contribution is 1.93. The van der Waals surface area contributed by atoms with Crippen LogP contribution in [0, 0.1) is 0 Å². The van der Waals surface area contributed by atoms with Crippen LogP contribution < -0.4 is 0 Å². The van der Waals surface area contributed by atoms with Crippen LogP contribution in [0.1, 0.15) is 38.5 Å². The van der Waals surface area contributed by atoms with E-state index < -0.39 is 35.8 Å². The zero-order chi connectivity index (χ0) is 22.5. The summed E-state index contributed by atoms with van der Waals surface area (Å²) >= 11 is 0. The van der Waals surface area contributed by atoms with Crippen LogP contribution in [0.4, 0.5) is 0 Å². The number of hydrogen-bond donors (Lipinski definition) is 2. The smallest absolute Gasteiger partial charge is 0.306 e. The lowest BCUT2D eigenvalue weighted by atomic mass is 10.3. The molecular weight excluding hydrogens is 384 g/mol. The standard InChI is InChI=1S/2C6H10O4.C4H6O4/c2*1-9-5(7)3-4-6(8)10-2;5-3(6)1-2-4(7)8/h2*3-4H2,1-2H3;1-2H2,(H,5,6)(H,7,8). The van der Waals surface area contributed by atoms with Crippen molar-refractivity contribution in [2.75, 3.05) is 28.4 Å². The van der Waals surface area contributed by atoms with Gasteiger partial charge in [0.05, 0.1) is 67.0 Å². The monoisotopic (exact) mass is 410 g/mol. The zero-order valence-corrected chi connectivity index (χ0v) is 16.2. The molecule has 0 heterocycles. The van der Waals surface area contributed by atoms with Gasteiger partial charge < -0.3 is 29.2 Å². The third-order valence-corrected chi connectivity index (χ3v) is 2.53. The quantitative estimate of drug-likeness (QED) is 0.389. The summed E-state index contributed by atoms with van der Waals surface area (Å²) in [6.07, 6.45) is -0.247. The summed E-state index contributed by atoms with van der Waals surface area (Å²) in [5.74, 6) is -3.74. The molecule has 12 heteroatoms. The highest BCUT2D eigenvalue weighted by Gasteiger charge is 2.05. The minimum Gasteiger partial charge on any atom is -0.481 e. The van der Waals surface area contributed by atoms with Crippen LogP contribution in [-0.4, -0.2) is 74.5 Å². The van der Waals surface area contributed by atoms with Crippen LogP contribution in [0.5, 0.6) is 0 Å². The number of methoxy groups -OCH3 is 4. The Hall–Kier alpha value is -3.18. The third kappa shape index (κ3) is 27.7. The molecule has 0 aliphatic carbocycles. The first-order chi connectivity index (χ1) is 13.0. The molecule has 0 amide bonds. The Labute approximate surface area is 161 Å². The maximum atomic E-state index is 10.4. The summed E-state index contributed by atoms with van der Waals surface area (Å²) in [6, 6.07) is 0. The normalized spacial score (nSPS) is 8.57. The first kappa shape index (κ1) is 29.6. The average Bonchev–Trinajstić information content (AvgIpc) is 2.68. The molecule has 162 valence electrons. The molecule has 0 atom stereocenters. The maximum absolute atomic E-state index is 10.4. The van der Waals surface area contributed by atoms with Gasteiger partial charge in [-0.25, -0.2) is 0 Å². The van der Waals surface area contributed by atoms with Crippen molar-refractivity contribution >= 4 is 35.8 Å². The number of carboxylic acids is 2. The fourth-order valence-corrected chi connectivity index (χ4v) is 1.03. The molecule has 0 saturated heterocycles. The summed E-state index contributed by atoms with van der Waals surface area (Å²) in [4.78, 5) is 60.9. The van der Waals surface area contributed by atoms with E-state index in [1.807, 2.05) is 0 Å². The van der Waals surface area contributed by atoms with Crippen molar-refractivity contribution in [1.82, 2.24) is 0 Å². The van der Waals surface area contributed by atoms with Crippen LogP contribution in [0.2, 0.25) is 0 Å². The predicted molar refractivity (Wildman–Crippen MR) is 91.0 cm³/mol. The Morgan fingerprint density at radius 1 is 0.464 bits per heavy atom. The number of hydrogen-bond acceptors (Lipinski definition) is 10. The van der Waals surface area contributed by atoms with E-state index in [0.717, 1.165) is 0 Å². The van der Waals surface area contributed by atoms with Gasteiger partial charge in [-0.1, -0.05) is 0 Å². The molecule has 28 heavy (non-hydrogen) atoms. The van der Waals surface area contributed by atoms with Crippen molar-refractivity contribution in [3.8, 4) is 0 Å². The van der Waals surface area contributed by atoms with E-state index in [1.54, 1.807) is 0 Å². The summed E-state index contributed by atoms with van der Waals surface area (Å²) in [7, 11) is 5.11. The Balaban J connectivity index is -0.000000337. The number of ether oxygens (including phenoxy) is 4. The first-order valence-corrected chi connectivity index (χ1v) is 7.74. The maximum Gasteiger partial charge on any atom is 0.306 e. The van der Waals surface area contributed by atoms with Gasteiger partial charge in [0.1, 0.15) is 0 Å². The Morgan fingerprint density at radius 3 is 0.750 bits per heavy atom. The minimum absolute atomic E-state index is 0.0865. The fourth-order valence-electron chi connectivity index (χ4n) is 1.03. The molecule has 0 aliphatic heterocycles. The summed E-state index contributed by atoms with van der Waals surface area (Å²) in [6.45, 7) is 0. The van der Waals surface area contributed by atoms with Gasteiger partial charge in [-0.05, 0) is 0 Å². The largest absolute Gasteiger partial charge is 0.481 e. The lowest BCUT2D eigenvalue weighted by Crippen LogP contribution is -2.06. The summed E-state index contributed by atoms with van der Waals surface area (Å²) < 4.78 is 17.2. The molecule has 0 unspecified atom stereocenters. The lowest BCUT2D eigenvalue weighted by molar-refractivity contribution is -0.147. The van der Waals surface area contributed by atoms with E-state index in [9.17, 15) is 28.8 Å². The van der Waals surface area contributed by atoms with Gasteiger partial charge in [0.25, 0.3) is 0 Å². The van der Waals surface area contributed by atoms with E-state index in [1.165, 1.54) is 28.4 Å². The van der Waals surface area contributed by atoms with Crippen molar-refractivity contribution in [3.63, 3.8) is 0 Å². The molecular formula is C16H26O12. The van der Waals surface area contributed by atoms with E-state index in [0.29, 0.717) is 0 Å². The van der Waals surface area contributed by atoms with E-state index in [4.69, 9.17) is 10.2 Å². The number of carbonyl (C=O) groups is 6. The van der Waals surface area contributed by atoms with Gasteiger partial charge in [-0.2, -0.15) is 0 Å². The van der Waals surface area contributed by atoms with Crippen LogP contribution in [0.15, 0.2) is 0 Å². The molecule has 0 aliphatic rings. The van der Waals surface area contributed by atoms with Gasteiger partial charge in [0.15, 0.2) is 0 Å². The molecule has 2 N–H and O–H groups in total. The highest BCUT2D eigenvalue weighted by molar-refractivity contribution is 5.78. The minimum atomic E-state index is -1.08. The van der Waals surface area contributed by atoms with Crippen LogP contribution in [0.3, 0.4) is 0 Å². The topological polar surface area (TPSA) is 180 Å². The molecule has 0 aromatic rings. The van der Waals surface area contributed by atoms with Gasteiger partial charge in [0, 0.05) is 0 Å². The van der Waals surface area contributed by atoms with Gasteiger partial charge >= 0.3 is 35.8 Å². The second kappa shape index (κ2) is 20.1. The third-order valence-electron chi connectivity index (χ3n) is 2.53. The fraction of sp³-hybridized carbons (Fsp3) is 0.625. The Bertz CT molecular complexity index is 434. The molecule has 0 fully saturated rings. The zero-order valence-electron chi connectivity index (χ0n) is 16.2. The van der Waals surface area contributed by atoms with Crippen molar-refractivity contribution in [1.29, 1.82) is 0 Å². The van der Waals surface area contributed by atoms with Crippen molar-refractivity contribution in [2.24, 2.45) is 0 Å². The average molecular weight is 410 g/mol. The molecule has 0 aromatic carbocycles. The molecule has 12 nitrogen and oxygen atoms in total. The SMILES string of the molecule is COC(=O)CCC(=O)OC.COC(=O)CCC(=O)OC.O=C(O)CCC(=O)O. The van der Waals surface area contributed by atoms with Crippen LogP contribution in [-0.2, 0) is 47.7 Å². The van der Waals surface area contributed by atoms with E-state index in [2.05, 4.69) is 18.9 Å². The second-order valence-electron chi connectivity index (χ2n) is 4.59. The van der Waals surface area contributed by atoms with Crippen LogP contribution in [0.25, 0.3) is 0 Å². The first-order valence-electron chi connectivity index (χ1n) is 7.74. The lowest BCUT2D eigenvalue weighted by Gasteiger charge is -1.96. The van der Waals surface area contributed by atoms with Gasteiger partial charge in [-0.3, -0.25) is 28.8 Å². The molecule has 0 aromatic heterocycles. The number of esters is 4. The van der Waals surface area contributed by atoms with E-state index in [-0.39, 0.29) is 38.5 Å².